The summed E-state index contributed by atoms with van der Waals surface area (Å²) in [4.78, 5) is 29.3. The van der Waals surface area contributed by atoms with E-state index in [9.17, 15) is 18.0 Å². The smallest absolute Gasteiger partial charge is 0.309 e. The fourth-order valence-electron chi connectivity index (χ4n) is 4.45. The van der Waals surface area contributed by atoms with Gasteiger partial charge < -0.3 is 9.72 Å². The van der Waals surface area contributed by atoms with Gasteiger partial charge in [-0.05, 0) is 35.9 Å². The second kappa shape index (κ2) is 9.77. The largest absolute Gasteiger partial charge is 0.457 e. The molecule has 0 spiro atoms. The number of sulfonamides is 1. The Morgan fingerprint density at radius 3 is 2.40 bits per heavy atom. The first kappa shape index (κ1) is 23.5. The molecule has 1 fully saturated rings. The second-order valence-corrected chi connectivity index (χ2v) is 11.5. The van der Waals surface area contributed by atoms with E-state index in [4.69, 9.17) is 4.74 Å². The number of nitrogens with one attached hydrogen (secondary N) is 1. The highest BCUT2D eigenvalue weighted by atomic mass is 32.2. The number of hydrogen-bond donors (Lipinski definition) is 1. The van der Waals surface area contributed by atoms with Crippen LogP contribution < -0.4 is 0 Å². The number of carbonyl (C=O) groups excluding carboxylic acids is 2. The monoisotopic (exact) mass is 508 g/mol. The van der Waals surface area contributed by atoms with Gasteiger partial charge in [-0.2, -0.15) is 4.31 Å². The maximum Gasteiger partial charge on any atom is 0.309 e. The summed E-state index contributed by atoms with van der Waals surface area (Å²) < 4.78 is 32.5. The van der Waals surface area contributed by atoms with Gasteiger partial charge in [0.25, 0.3) is 10.0 Å². The zero-order valence-electron chi connectivity index (χ0n) is 18.8. The lowest BCUT2D eigenvalue weighted by atomic mass is 9.98. The zero-order chi connectivity index (χ0) is 24.4. The van der Waals surface area contributed by atoms with Crippen LogP contribution >= 0.6 is 11.3 Å². The Kier molecular flexibility index (Phi) is 6.55. The van der Waals surface area contributed by atoms with Crippen LogP contribution in [-0.4, -0.2) is 49.2 Å². The van der Waals surface area contributed by atoms with Crippen LogP contribution in [0.3, 0.4) is 0 Å². The summed E-state index contributed by atoms with van der Waals surface area (Å²) in [6.07, 6.45) is 0.722. The average molecular weight is 509 g/mol. The van der Waals surface area contributed by atoms with Crippen LogP contribution in [0, 0.1) is 5.92 Å². The topological polar surface area (TPSA) is 96.5 Å². The number of rotatable bonds is 7. The number of piperidine rings is 1. The quantitative estimate of drug-likeness (QED) is 0.288. The maximum atomic E-state index is 13.2. The van der Waals surface area contributed by atoms with Crippen LogP contribution in [0.25, 0.3) is 22.2 Å². The van der Waals surface area contributed by atoms with E-state index in [2.05, 4.69) is 4.98 Å². The summed E-state index contributed by atoms with van der Waals surface area (Å²) in [6.45, 7) is 0.122. The van der Waals surface area contributed by atoms with Crippen molar-refractivity contribution < 1.29 is 22.7 Å². The third kappa shape index (κ3) is 4.67. The first-order valence-electron chi connectivity index (χ1n) is 11.3. The molecular formula is C26H24N2O5S2. The molecule has 1 aliphatic heterocycles. The molecule has 0 amide bonds. The molecule has 1 aliphatic rings. The van der Waals surface area contributed by atoms with Crippen molar-refractivity contribution in [2.45, 2.75) is 17.1 Å². The number of esters is 1. The minimum absolute atomic E-state index is 0.245. The minimum atomic E-state index is -3.53. The summed E-state index contributed by atoms with van der Waals surface area (Å²) in [7, 11) is -3.53. The first-order chi connectivity index (χ1) is 16.9. The van der Waals surface area contributed by atoms with Gasteiger partial charge in [-0.15, -0.1) is 11.3 Å². The van der Waals surface area contributed by atoms with E-state index in [1.54, 1.807) is 17.5 Å². The molecule has 2 aromatic carbocycles. The van der Waals surface area contributed by atoms with Crippen molar-refractivity contribution in [3.05, 3.63) is 77.7 Å². The number of aromatic nitrogens is 1. The molecule has 1 saturated heterocycles. The number of benzene rings is 2. The van der Waals surface area contributed by atoms with Crippen molar-refractivity contribution in [2.75, 3.05) is 19.7 Å². The van der Waals surface area contributed by atoms with Gasteiger partial charge in [0.2, 0.25) is 5.78 Å². The lowest BCUT2D eigenvalue weighted by Crippen LogP contribution is -2.40. The van der Waals surface area contributed by atoms with E-state index in [0.29, 0.717) is 28.3 Å². The van der Waals surface area contributed by atoms with Crippen molar-refractivity contribution in [1.82, 2.24) is 9.29 Å². The van der Waals surface area contributed by atoms with Crippen molar-refractivity contribution in [2.24, 2.45) is 5.92 Å². The molecule has 0 bridgehead atoms. The second-order valence-electron chi connectivity index (χ2n) is 8.43. The molecular weight excluding hydrogens is 484 g/mol. The molecule has 0 atom stereocenters. The molecule has 0 radical (unpaired) electrons. The summed E-state index contributed by atoms with van der Waals surface area (Å²) in [5.74, 6) is -1.19. The Morgan fingerprint density at radius 1 is 0.971 bits per heavy atom. The van der Waals surface area contributed by atoms with E-state index in [-0.39, 0.29) is 25.5 Å². The van der Waals surface area contributed by atoms with Crippen LogP contribution in [-0.2, 0) is 19.6 Å². The van der Waals surface area contributed by atoms with E-state index in [1.807, 2.05) is 54.6 Å². The SMILES string of the molecule is O=C(COC(=O)C1CCN(S(=O)(=O)c2cccs2)CC1)c1c(-c2ccccc2)[nH]c2ccccc12. The molecule has 4 aromatic rings. The van der Waals surface area contributed by atoms with Gasteiger partial charge in [-0.25, -0.2) is 8.42 Å². The highest BCUT2D eigenvalue weighted by Gasteiger charge is 2.33. The number of aromatic amines is 1. The van der Waals surface area contributed by atoms with E-state index in [1.165, 1.54) is 15.6 Å². The van der Waals surface area contributed by atoms with Crippen LogP contribution in [0.5, 0.6) is 0 Å². The number of nitrogens with zero attached hydrogens (tertiary/aromatic N) is 1. The summed E-state index contributed by atoms with van der Waals surface area (Å²) in [6, 6.07) is 20.4. The highest BCUT2D eigenvalue weighted by molar-refractivity contribution is 7.91. The van der Waals surface area contributed by atoms with Gasteiger partial charge in [0.1, 0.15) is 4.21 Å². The maximum absolute atomic E-state index is 13.2. The molecule has 7 nitrogen and oxygen atoms in total. The minimum Gasteiger partial charge on any atom is -0.457 e. The standard InChI is InChI=1S/C26H24N2O5S2/c29-22(24-20-9-4-5-10-21(20)27-25(24)18-7-2-1-3-8-18)17-33-26(30)19-12-14-28(15-13-19)35(31,32)23-11-6-16-34-23/h1-11,16,19,27H,12-15,17H2. The lowest BCUT2D eigenvalue weighted by Gasteiger charge is -2.29. The average Bonchev–Trinajstić information content (AvgIpc) is 3.57. The van der Waals surface area contributed by atoms with Gasteiger partial charge in [-0.1, -0.05) is 54.6 Å². The zero-order valence-corrected chi connectivity index (χ0v) is 20.5. The number of thiophene rings is 1. The van der Waals surface area contributed by atoms with E-state index in [0.717, 1.165) is 16.5 Å². The van der Waals surface area contributed by atoms with Crippen LogP contribution in [0.15, 0.2) is 76.3 Å². The summed E-state index contributed by atoms with van der Waals surface area (Å²) in [5, 5.41) is 2.50. The molecule has 0 saturated carbocycles. The molecule has 9 heteroatoms. The highest BCUT2D eigenvalue weighted by Crippen LogP contribution is 2.31. The number of carbonyl (C=O) groups is 2. The molecule has 2 aromatic heterocycles. The summed E-state index contributed by atoms with van der Waals surface area (Å²) in [5.41, 5.74) is 2.90. The number of para-hydroxylation sites is 1. The van der Waals surface area contributed by atoms with Gasteiger partial charge in [-0.3, -0.25) is 9.59 Å². The molecule has 1 N–H and O–H groups in total. The Bertz CT molecular complexity index is 1450. The molecule has 35 heavy (non-hydrogen) atoms. The van der Waals surface area contributed by atoms with Crippen molar-refractivity contribution in [1.29, 1.82) is 0 Å². The predicted octanol–water partition coefficient (Wildman–Crippen LogP) is 4.72. The van der Waals surface area contributed by atoms with Crippen LogP contribution in [0.1, 0.15) is 23.2 Å². The van der Waals surface area contributed by atoms with Gasteiger partial charge >= 0.3 is 5.97 Å². The predicted molar refractivity (Wildman–Crippen MR) is 135 cm³/mol. The van der Waals surface area contributed by atoms with Crippen LogP contribution in [0.4, 0.5) is 0 Å². The normalized spacial score (nSPS) is 15.3. The number of Topliss-reactive ketones (excluding diaryl/α,β-unsaturated/α-hetero) is 1. The van der Waals surface area contributed by atoms with Gasteiger partial charge in [0.05, 0.1) is 17.2 Å². The van der Waals surface area contributed by atoms with Gasteiger partial charge in [0, 0.05) is 24.0 Å². The number of fused-ring (bicyclic) bond motifs is 1. The fourth-order valence-corrected chi connectivity index (χ4v) is 7.06. The summed E-state index contributed by atoms with van der Waals surface area (Å²) >= 11 is 1.18. The van der Waals surface area contributed by atoms with E-state index < -0.39 is 21.9 Å². The number of ether oxygens (including phenoxy) is 1. The lowest BCUT2D eigenvalue weighted by molar-refractivity contribution is -0.148. The molecule has 5 rings (SSSR count). The van der Waals surface area contributed by atoms with Crippen molar-refractivity contribution >= 4 is 44.0 Å². The number of hydrogen-bond acceptors (Lipinski definition) is 6. The van der Waals surface area contributed by atoms with Crippen molar-refractivity contribution in [3.63, 3.8) is 0 Å². The Morgan fingerprint density at radius 2 is 1.69 bits per heavy atom. The number of ketones is 1. The third-order valence-electron chi connectivity index (χ3n) is 6.27. The Balaban J connectivity index is 1.26. The fraction of sp³-hybridized carbons (Fsp3) is 0.231. The Labute approximate surface area is 207 Å². The van der Waals surface area contributed by atoms with Gasteiger partial charge in [0.15, 0.2) is 6.61 Å². The molecule has 180 valence electrons. The van der Waals surface area contributed by atoms with Crippen LogP contribution in [0.2, 0.25) is 0 Å². The molecule has 3 heterocycles. The number of H-pyrrole nitrogens is 1. The molecule has 0 aliphatic carbocycles. The van der Waals surface area contributed by atoms with E-state index >= 15 is 0 Å². The Hall–Kier alpha value is -3.27. The molecule has 0 unspecified atom stereocenters. The third-order valence-corrected chi connectivity index (χ3v) is 9.54. The first-order valence-corrected chi connectivity index (χ1v) is 13.7. The van der Waals surface area contributed by atoms with Crippen molar-refractivity contribution in [3.8, 4) is 11.3 Å².